The van der Waals surface area contributed by atoms with Crippen LogP contribution < -0.4 is 10.0 Å². The number of aliphatic imine (C=N–C) groups is 1. The second-order valence-electron chi connectivity index (χ2n) is 6.22. The molecule has 0 amide bonds. The molecular formula is C15H33IN4O2S. The minimum atomic E-state index is -3.23. The number of rotatable bonds is 10. The zero-order valence-electron chi connectivity index (χ0n) is 15.1. The lowest BCUT2D eigenvalue weighted by molar-refractivity contribution is 0.417. The molecule has 0 heterocycles. The molecule has 23 heavy (non-hydrogen) atoms. The van der Waals surface area contributed by atoms with Crippen molar-refractivity contribution in [2.24, 2.45) is 4.99 Å². The minimum Gasteiger partial charge on any atom is -0.354 e. The maximum atomic E-state index is 11.3. The van der Waals surface area contributed by atoms with Gasteiger partial charge in [-0.15, -0.1) is 30.6 Å². The third kappa shape index (κ3) is 13.8. The van der Waals surface area contributed by atoms with Gasteiger partial charge in [0.2, 0.25) is 10.0 Å². The molecule has 0 unspecified atom stereocenters. The summed E-state index contributed by atoms with van der Waals surface area (Å²) >= 11 is 0. The summed E-state index contributed by atoms with van der Waals surface area (Å²) in [6, 6.07) is 0. The van der Waals surface area contributed by atoms with Crippen LogP contribution in [0.1, 0.15) is 39.5 Å². The monoisotopic (exact) mass is 460 g/mol. The van der Waals surface area contributed by atoms with Crippen LogP contribution in [0.15, 0.2) is 17.6 Å². The van der Waals surface area contributed by atoms with Gasteiger partial charge in [0.25, 0.3) is 0 Å². The molecule has 0 rings (SSSR count). The van der Waals surface area contributed by atoms with Crippen molar-refractivity contribution >= 4 is 40.0 Å². The molecule has 0 aromatic heterocycles. The molecule has 0 spiro atoms. The van der Waals surface area contributed by atoms with E-state index in [9.17, 15) is 8.42 Å². The van der Waals surface area contributed by atoms with Gasteiger partial charge < -0.3 is 10.2 Å². The molecular weight excluding hydrogens is 427 g/mol. The molecule has 0 aliphatic heterocycles. The number of nitrogens with one attached hydrogen (secondary N) is 2. The Morgan fingerprint density at radius 2 is 1.91 bits per heavy atom. The van der Waals surface area contributed by atoms with Crippen molar-refractivity contribution in [3.63, 3.8) is 0 Å². The molecule has 138 valence electrons. The van der Waals surface area contributed by atoms with Gasteiger partial charge in [-0.25, -0.2) is 13.1 Å². The highest BCUT2D eigenvalue weighted by molar-refractivity contribution is 14.0. The molecule has 0 saturated carbocycles. The molecule has 0 aromatic rings. The first kappa shape index (κ1) is 24.9. The topological polar surface area (TPSA) is 73.8 Å². The van der Waals surface area contributed by atoms with Crippen LogP contribution in [0.2, 0.25) is 0 Å². The molecule has 0 aliphatic carbocycles. The quantitative estimate of drug-likeness (QED) is 0.172. The zero-order valence-corrected chi connectivity index (χ0v) is 18.2. The number of unbranched alkanes of at least 4 members (excludes halogenated alkanes) is 3. The number of sulfonamides is 1. The van der Waals surface area contributed by atoms with Crippen molar-refractivity contribution in [3.8, 4) is 0 Å². The number of hydrogen-bond acceptors (Lipinski definition) is 3. The summed E-state index contributed by atoms with van der Waals surface area (Å²) in [5, 5.41) is 3.22. The lowest BCUT2D eigenvalue weighted by Gasteiger charge is -2.29. The van der Waals surface area contributed by atoms with Crippen LogP contribution in [-0.2, 0) is 10.0 Å². The van der Waals surface area contributed by atoms with Gasteiger partial charge in [-0.1, -0.05) is 12.5 Å². The first-order valence-corrected chi connectivity index (χ1v) is 9.52. The molecule has 0 atom stereocenters. The zero-order chi connectivity index (χ0) is 17.2. The Labute approximate surface area is 159 Å². The lowest BCUT2D eigenvalue weighted by Crippen LogP contribution is -2.53. The Morgan fingerprint density at radius 3 is 2.39 bits per heavy atom. The third-order valence-electron chi connectivity index (χ3n) is 3.13. The van der Waals surface area contributed by atoms with Crippen molar-refractivity contribution in [1.29, 1.82) is 0 Å². The summed E-state index contributed by atoms with van der Waals surface area (Å²) in [5.41, 5.74) is -0.575. The predicted octanol–water partition coefficient (Wildman–Crippen LogP) is 2.19. The highest BCUT2D eigenvalue weighted by atomic mass is 127. The molecule has 0 radical (unpaired) electrons. The summed E-state index contributed by atoms with van der Waals surface area (Å²) in [7, 11) is 0.484. The van der Waals surface area contributed by atoms with Gasteiger partial charge in [-0.05, 0) is 33.1 Å². The number of hydrogen-bond donors (Lipinski definition) is 2. The number of allylic oxidation sites excluding steroid dienone is 1. The first-order chi connectivity index (χ1) is 10.1. The highest BCUT2D eigenvalue weighted by Gasteiger charge is 2.22. The van der Waals surface area contributed by atoms with Crippen LogP contribution in [0.4, 0.5) is 0 Å². The molecule has 0 saturated heterocycles. The van der Waals surface area contributed by atoms with Crippen molar-refractivity contribution in [3.05, 3.63) is 12.7 Å². The van der Waals surface area contributed by atoms with E-state index in [-0.39, 0.29) is 24.0 Å². The Bertz CT molecular complexity index is 464. The van der Waals surface area contributed by atoms with E-state index >= 15 is 0 Å². The molecule has 8 heteroatoms. The van der Waals surface area contributed by atoms with Gasteiger partial charge in [0.15, 0.2) is 5.96 Å². The van der Waals surface area contributed by atoms with Gasteiger partial charge in [0.1, 0.15) is 0 Å². The third-order valence-corrected chi connectivity index (χ3v) is 4.05. The Hall–Kier alpha value is -0.350. The largest absolute Gasteiger partial charge is 0.354 e. The molecule has 0 fully saturated rings. The number of nitrogens with zero attached hydrogens (tertiary/aromatic N) is 2. The normalized spacial score (nSPS) is 12.5. The van der Waals surface area contributed by atoms with Crippen molar-refractivity contribution in [2.45, 2.75) is 45.1 Å². The van der Waals surface area contributed by atoms with Crippen molar-refractivity contribution in [2.75, 3.05) is 33.4 Å². The summed E-state index contributed by atoms with van der Waals surface area (Å²) in [4.78, 5) is 6.30. The fraction of sp³-hybridized carbons (Fsp3) is 0.800. The SMILES string of the molecule is C=CCCCCCN(C)C(=NC)NCC(C)(C)NS(C)(=O)=O.I. The van der Waals surface area contributed by atoms with Gasteiger partial charge in [0, 0.05) is 32.7 Å². The first-order valence-electron chi connectivity index (χ1n) is 7.63. The van der Waals surface area contributed by atoms with E-state index in [4.69, 9.17) is 0 Å². The standard InChI is InChI=1S/C15H32N4O2S.HI/c1-7-8-9-10-11-12-19(5)14(16-4)17-13-15(2,3)18-22(6,20)21;/h7,18H,1,8-13H2,2-6H3,(H,16,17);1H. The predicted molar refractivity (Wildman–Crippen MR) is 110 cm³/mol. The smallest absolute Gasteiger partial charge is 0.209 e. The average Bonchev–Trinajstić information content (AvgIpc) is 2.36. The number of guanidine groups is 1. The van der Waals surface area contributed by atoms with Crippen molar-refractivity contribution < 1.29 is 8.42 Å². The van der Waals surface area contributed by atoms with Crippen LogP contribution in [0.25, 0.3) is 0 Å². The van der Waals surface area contributed by atoms with Gasteiger partial charge in [-0.2, -0.15) is 0 Å². The van der Waals surface area contributed by atoms with E-state index in [1.165, 1.54) is 6.26 Å². The maximum Gasteiger partial charge on any atom is 0.209 e. The molecule has 0 aliphatic rings. The van der Waals surface area contributed by atoms with Crippen LogP contribution >= 0.6 is 24.0 Å². The Balaban J connectivity index is 0. The lowest BCUT2D eigenvalue weighted by atomic mass is 10.1. The van der Waals surface area contributed by atoms with Crippen LogP contribution in [0.3, 0.4) is 0 Å². The van der Waals surface area contributed by atoms with E-state index in [0.717, 1.165) is 38.2 Å². The summed E-state index contributed by atoms with van der Waals surface area (Å²) < 4.78 is 25.3. The highest BCUT2D eigenvalue weighted by Crippen LogP contribution is 2.04. The fourth-order valence-corrected chi connectivity index (χ4v) is 3.22. The summed E-state index contributed by atoms with van der Waals surface area (Å²) in [6.07, 6.45) is 7.58. The molecule has 2 N–H and O–H groups in total. The van der Waals surface area contributed by atoms with Gasteiger partial charge in [-0.3, -0.25) is 4.99 Å². The van der Waals surface area contributed by atoms with Crippen LogP contribution in [0.5, 0.6) is 0 Å². The fourth-order valence-electron chi connectivity index (χ4n) is 2.14. The van der Waals surface area contributed by atoms with Gasteiger partial charge >= 0.3 is 0 Å². The van der Waals surface area contributed by atoms with Crippen LogP contribution in [0, 0.1) is 0 Å². The van der Waals surface area contributed by atoms with Crippen LogP contribution in [-0.4, -0.2) is 58.3 Å². The van der Waals surface area contributed by atoms with E-state index in [0.29, 0.717) is 6.54 Å². The van der Waals surface area contributed by atoms with E-state index in [2.05, 4.69) is 26.5 Å². The average molecular weight is 460 g/mol. The molecule has 0 bridgehead atoms. The van der Waals surface area contributed by atoms with Crippen molar-refractivity contribution in [1.82, 2.24) is 14.9 Å². The summed E-state index contributed by atoms with van der Waals surface area (Å²) in [5.74, 6) is 0.770. The summed E-state index contributed by atoms with van der Waals surface area (Å²) in [6.45, 7) is 8.77. The Morgan fingerprint density at radius 1 is 1.30 bits per heavy atom. The van der Waals surface area contributed by atoms with Gasteiger partial charge in [0.05, 0.1) is 6.26 Å². The molecule has 6 nitrogen and oxygen atoms in total. The maximum absolute atomic E-state index is 11.3. The number of halogens is 1. The Kier molecular flexibility index (Phi) is 13.1. The second kappa shape index (κ2) is 12.1. The molecule has 0 aromatic carbocycles. The van der Waals surface area contributed by atoms with E-state index in [1.54, 1.807) is 7.05 Å². The second-order valence-corrected chi connectivity index (χ2v) is 7.97. The van der Waals surface area contributed by atoms with E-state index in [1.807, 2.05) is 27.0 Å². The minimum absolute atomic E-state index is 0. The van der Waals surface area contributed by atoms with E-state index < -0.39 is 15.6 Å².